The van der Waals surface area contributed by atoms with Gasteiger partial charge in [-0.1, -0.05) is 12.1 Å². The summed E-state index contributed by atoms with van der Waals surface area (Å²) in [5.41, 5.74) is 2.72. The Morgan fingerprint density at radius 3 is 2.82 bits per heavy atom. The third-order valence-corrected chi connectivity index (χ3v) is 5.14. The third-order valence-electron chi connectivity index (χ3n) is 3.19. The van der Waals surface area contributed by atoms with Crippen LogP contribution in [0.3, 0.4) is 0 Å². The molecule has 22 heavy (non-hydrogen) atoms. The van der Waals surface area contributed by atoms with Gasteiger partial charge in [-0.3, -0.25) is 9.78 Å². The van der Waals surface area contributed by atoms with Crippen LogP contribution < -0.4 is 5.32 Å². The summed E-state index contributed by atoms with van der Waals surface area (Å²) < 4.78 is 0. The molecule has 0 fully saturated rings. The van der Waals surface area contributed by atoms with Crippen molar-refractivity contribution >= 4 is 28.6 Å². The zero-order valence-corrected chi connectivity index (χ0v) is 13.9. The highest BCUT2D eigenvalue weighted by Crippen LogP contribution is 2.26. The van der Waals surface area contributed by atoms with Gasteiger partial charge in [0.25, 0.3) is 5.91 Å². The highest BCUT2D eigenvalue weighted by Gasteiger charge is 2.14. The van der Waals surface area contributed by atoms with E-state index >= 15 is 0 Å². The Morgan fingerprint density at radius 1 is 1.27 bits per heavy atom. The van der Waals surface area contributed by atoms with Gasteiger partial charge in [0, 0.05) is 12.7 Å². The number of hydrogen-bond acceptors (Lipinski definition) is 5. The fourth-order valence-electron chi connectivity index (χ4n) is 2.21. The summed E-state index contributed by atoms with van der Waals surface area (Å²) in [7, 11) is 0. The van der Waals surface area contributed by atoms with Crippen LogP contribution in [0.1, 0.15) is 25.9 Å². The third kappa shape index (κ3) is 3.08. The van der Waals surface area contributed by atoms with Gasteiger partial charge < -0.3 is 5.32 Å². The lowest BCUT2D eigenvalue weighted by molar-refractivity contribution is 0.0954. The lowest BCUT2D eigenvalue weighted by atomic mass is 10.1. The Hall–Kier alpha value is -2.05. The van der Waals surface area contributed by atoms with Gasteiger partial charge in [-0.2, -0.15) is 0 Å². The van der Waals surface area contributed by atoms with Gasteiger partial charge in [0.2, 0.25) is 0 Å². The van der Waals surface area contributed by atoms with E-state index in [0.717, 1.165) is 26.8 Å². The average Bonchev–Trinajstić information content (AvgIpc) is 3.15. The molecule has 6 heteroatoms. The van der Waals surface area contributed by atoms with E-state index < -0.39 is 0 Å². The van der Waals surface area contributed by atoms with Crippen LogP contribution in [0.25, 0.3) is 10.6 Å². The standard InChI is InChI=1S/C16H15N3OS2/c1-10-15(22-11(2)19-10)16(20)18-9-12-5-3-7-17-14(12)13-6-4-8-21-13/h3-8H,9H2,1-2H3,(H,18,20). The number of nitrogens with zero attached hydrogens (tertiary/aromatic N) is 2. The molecule has 3 heterocycles. The zero-order chi connectivity index (χ0) is 15.5. The first-order valence-electron chi connectivity index (χ1n) is 6.85. The minimum Gasteiger partial charge on any atom is -0.347 e. The van der Waals surface area contributed by atoms with Gasteiger partial charge in [-0.25, -0.2) is 4.98 Å². The van der Waals surface area contributed by atoms with E-state index in [1.165, 1.54) is 11.3 Å². The van der Waals surface area contributed by atoms with Crippen LogP contribution in [-0.2, 0) is 6.54 Å². The first-order chi connectivity index (χ1) is 10.6. The van der Waals surface area contributed by atoms with Gasteiger partial charge in [-0.05, 0) is 36.9 Å². The molecule has 1 amide bonds. The number of thiophene rings is 1. The van der Waals surface area contributed by atoms with Gasteiger partial charge in [0.1, 0.15) is 4.88 Å². The first-order valence-corrected chi connectivity index (χ1v) is 8.55. The molecule has 1 N–H and O–H groups in total. The zero-order valence-electron chi connectivity index (χ0n) is 12.3. The Labute approximate surface area is 136 Å². The maximum atomic E-state index is 12.3. The van der Waals surface area contributed by atoms with Crippen molar-refractivity contribution in [1.29, 1.82) is 0 Å². The molecule has 0 bridgehead atoms. The van der Waals surface area contributed by atoms with E-state index in [1.807, 2.05) is 43.5 Å². The van der Waals surface area contributed by atoms with Crippen molar-refractivity contribution in [2.45, 2.75) is 20.4 Å². The molecule has 0 saturated carbocycles. The monoisotopic (exact) mass is 329 g/mol. The second kappa shape index (κ2) is 6.37. The largest absolute Gasteiger partial charge is 0.347 e. The average molecular weight is 329 g/mol. The van der Waals surface area contributed by atoms with Crippen LogP contribution in [0, 0.1) is 13.8 Å². The van der Waals surface area contributed by atoms with Crippen molar-refractivity contribution in [3.63, 3.8) is 0 Å². The van der Waals surface area contributed by atoms with Crippen molar-refractivity contribution in [3.05, 3.63) is 57.0 Å². The van der Waals surface area contributed by atoms with E-state index in [1.54, 1.807) is 17.5 Å². The molecule has 0 aliphatic rings. The molecule has 0 saturated heterocycles. The number of pyridine rings is 1. The van der Waals surface area contributed by atoms with Gasteiger partial charge in [0.05, 0.1) is 21.3 Å². The fraction of sp³-hybridized carbons (Fsp3) is 0.188. The topological polar surface area (TPSA) is 54.9 Å². The Bertz CT molecular complexity index is 794. The number of aryl methyl sites for hydroxylation is 2. The van der Waals surface area contributed by atoms with Crippen LogP contribution >= 0.6 is 22.7 Å². The van der Waals surface area contributed by atoms with E-state index in [9.17, 15) is 4.79 Å². The number of carbonyl (C=O) groups excluding carboxylic acids is 1. The lowest BCUT2D eigenvalue weighted by Gasteiger charge is -2.08. The van der Waals surface area contributed by atoms with Crippen molar-refractivity contribution in [1.82, 2.24) is 15.3 Å². The SMILES string of the molecule is Cc1nc(C)c(C(=O)NCc2cccnc2-c2cccs2)s1. The smallest absolute Gasteiger partial charge is 0.263 e. The number of carbonyl (C=O) groups is 1. The summed E-state index contributed by atoms with van der Waals surface area (Å²) in [5.74, 6) is -0.0796. The molecule has 0 radical (unpaired) electrons. The molecule has 3 rings (SSSR count). The fourth-order valence-corrected chi connectivity index (χ4v) is 3.81. The van der Waals surface area contributed by atoms with E-state index in [0.29, 0.717) is 11.4 Å². The first kappa shape index (κ1) is 14.9. The molecular formula is C16H15N3OS2. The number of hydrogen-bond donors (Lipinski definition) is 1. The van der Waals surface area contributed by atoms with Gasteiger partial charge in [0.15, 0.2) is 0 Å². The van der Waals surface area contributed by atoms with Crippen molar-refractivity contribution < 1.29 is 4.79 Å². The van der Waals surface area contributed by atoms with Crippen molar-refractivity contribution in [2.75, 3.05) is 0 Å². The van der Waals surface area contributed by atoms with Gasteiger partial charge in [-0.15, -0.1) is 22.7 Å². The minimum atomic E-state index is -0.0796. The normalized spacial score (nSPS) is 10.6. The van der Waals surface area contributed by atoms with Crippen LogP contribution in [0.15, 0.2) is 35.8 Å². The molecule has 0 aliphatic carbocycles. The molecule has 0 unspecified atom stereocenters. The molecule has 3 aromatic rings. The molecule has 0 aromatic carbocycles. The molecule has 0 atom stereocenters. The second-order valence-electron chi connectivity index (χ2n) is 4.82. The summed E-state index contributed by atoms with van der Waals surface area (Å²) in [6.07, 6.45) is 1.77. The number of rotatable bonds is 4. The Balaban J connectivity index is 1.77. The van der Waals surface area contributed by atoms with E-state index in [4.69, 9.17) is 0 Å². The predicted molar refractivity (Wildman–Crippen MR) is 90.3 cm³/mol. The quantitative estimate of drug-likeness (QED) is 0.792. The summed E-state index contributed by atoms with van der Waals surface area (Å²) >= 11 is 3.07. The number of thiazole rings is 1. The van der Waals surface area contributed by atoms with Crippen molar-refractivity contribution in [2.24, 2.45) is 0 Å². The minimum absolute atomic E-state index is 0.0796. The Kier molecular flexibility index (Phi) is 4.31. The maximum absolute atomic E-state index is 12.3. The molecule has 3 aromatic heterocycles. The lowest BCUT2D eigenvalue weighted by Crippen LogP contribution is -2.23. The summed E-state index contributed by atoms with van der Waals surface area (Å²) in [5, 5.41) is 5.90. The second-order valence-corrected chi connectivity index (χ2v) is 6.97. The highest BCUT2D eigenvalue weighted by molar-refractivity contribution is 7.14. The molecule has 0 aliphatic heterocycles. The molecule has 4 nitrogen and oxygen atoms in total. The summed E-state index contributed by atoms with van der Waals surface area (Å²) in [6, 6.07) is 7.92. The van der Waals surface area contributed by atoms with Crippen LogP contribution in [0.5, 0.6) is 0 Å². The number of aromatic nitrogens is 2. The molecular weight excluding hydrogens is 314 g/mol. The maximum Gasteiger partial charge on any atom is 0.263 e. The molecule has 0 spiro atoms. The van der Waals surface area contributed by atoms with Crippen LogP contribution in [-0.4, -0.2) is 15.9 Å². The highest BCUT2D eigenvalue weighted by atomic mass is 32.1. The predicted octanol–water partition coefficient (Wildman–Crippen LogP) is 3.81. The summed E-state index contributed by atoms with van der Waals surface area (Å²) in [4.78, 5) is 22.8. The van der Waals surface area contributed by atoms with Crippen LogP contribution in [0.4, 0.5) is 0 Å². The number of nitrogens with one attached hydrogen (secondary N) is 1. The molecule has 112 valence electrons. The van der Waals surface area contributed by atoms with E-state index in [2.05, 4.69) is 15.3 Å². The van der Waals surface area contributed by atoms with E-state index in [-0.39, 0.29) is 5.91 Å². The van der Waals surface area contributed by atoms with Crippen molar-refractivity contribution in [3.8, 4) is 10.6 Å². The Morgan fingerprint density at radius 2 is 2.14 bits per heavy atom. The van der Waals surface area contributed by atoms with Gasteiger partial charge >= 0.3 is 0 Å². The number of amides is 1. The van der Waals surface area contributed by atoms with Crippen LogP contribution in [0.2, 0.25) is 0 Å². The summed E-state index contributed by atoms with van der Waals surface area (Å²) in [6.45, 7) is 4.22.